The zero-order chi connectivity index (χ0) is 17.8. The van der Waals surface area contributed by atoms with Crippen LogP contribution in [-0.2, 0) is 14.6 Å². The quantitative estimate of drug-likeness (QED) is 0.767. The Morgan fingerprint density at radius 2 is 1.80 bits per heavy atom. The van der Waals surface area contributed by atoms with Crippen molar-refractivity contribution in [1.82, 2.24) is 0 Å². The SMILES string of the molecule is O=C1CCCC2=NC3=C(C(c4ccc(F)c(F)c4)C12)S(=O)(=O)CCC3. The Kier molecular flexibility index (Phi) is 3.86. The minimum atomic E-state index is -3.57. The van der Waals surface area contributed by atoms with Gasteiger partial charge in [0.05, 0.1) is 22.3 Å². The summed E-state index contributed by atoms with van der Waals surface area (Å²) in [6.45, 7) is 0. The van der Waals surface area contributed by atoms with Crippen LogP contribution in [0.25, 0.3) is 0 Å². The molecule has 7 heteroatoms. The molecule has 0 saturated heterocycles. The van der Waals surface area contributed by atoms with E-state index in [2.05, 4.69) is 4.99 Å². The van der Waals surface area contributed by atoms with E-state index in [0.717, 1.165) is 12.1 Å². The molecule has 2 atom stereocenters. The maximum absolute atomic E-state index is 13.8. The summed E-state index contributed by atoms with van der Waals surface area (Å²) in [6, 6.07) is 3.38. The number of sulfone groups is 1. The fraction of sp³-hybridized carbons (Fsp3) is 0.444. The van der Waals surface area contributed by atoms with Gasteiger partial charge < -0.3 is 0 Å². The van der Waals surface area contributed by atoms with Crippen molar-refractivity contribution >= 4 is 21.3 Å². The first-order valence-electron chi connectivity index (χ1n) is 8.39. The van der Waals surface area contributed by atoms with Gasteiger partial charge in [-0.2, -0.15) is 0 Å². The van der Waals surface area contributed by atoms with Gasteiger partial charge in [-0.25, -0.2) is 17.2 Å². The fourth-order valence-corrected chi connectivity index (χ4v) is 6.05. The number of ketones is 1. The van der Waals surface area contributed by atoms with Crippen molar-refractivity contribution in [1.29, 1.82) is 0 Å². The second kappa shape index (κ2) is 5.83. The van der Waals surface area contributed by atoms with E-state index in [4.69, 9.17) is 0 Å². The first-order chi connectivity index (χ1) is 11.9. The molecule has 0 radical (unpaired) electrons. The molecule has 1 aromatic rings. The third-order valence-electron chi connectivity index (χ3n) is 5.21. The maximum atomic E-state index is 13.8. The van der Waals surface area contributed by atoms with E-state index < -0.39 is 33.3 Å². The zero-order valence-electron chi connectivity index (χ0n) is 13.5. The van der Waals surface area contributed by atoms with Crippen molar-refractivity contribution in [3.63, 3.8) is 0 Å². The lowest BCUT2D eigenvalue weighted by Crippen LogP contribution is -2.40. The van der Waals surface area contributed by atoms with Crippen LogP contribution in [0.4, 0.5) is 8.78 Å². The van der Waals surface area contributed by atoms with Crippen molar-refractivity contribution in [2.75, 3.05) is 5.75 Å². The number of nitrogens with zero attached hydrogens (tertiary/aromatic N) is 1. The number of halogens is 2. The standard InChI is InChI=1S/C18H17F2NO3S/c19-11-7-6-10(9-12(11)20)16-17-13(3-1-5-15(17)22)21-14-4-2-8-25(23,24)18(14)16/h6-7,9,16-17H,1-5,8H2. The highest BCUT2D eigenvalue weighted by atomic mass is 32.2. The van der Waals surface area contributed by atoms with Gasteiger partial charge in [0.2, 0.25) is 0 Å². The molecule has 132 valence electrons. The van der Waals surface area contributed by atoms with Crippen LogP contribution < -0.4 is 0 Å². The summed E-state index contributed by atoms with van der Waals surface area (Å²) in [6.07, 6.45) is 2.69. The molecule has 2 heterocycles. The summed E-state index contributed by atoms with van der Waals surface area (Å²) in [5.74, 6) is -3.60. The Hall–Kier alpha value is -1.89. The van der Waals surface area contributed by atoms with Crippen molar-refractivity contribution in [2.45, 2.75) is 38.0 Å². The molecule has 0 amide bonds. The smallest absolute Gasteiger partial charge is 0.177 e. The van der Waals surface area contributed by atoms with Crippen LogP contribution in [0.5, 0.6) is 0 Å². The zero-order valence-corrected chi connectivity index (χ0v) is 14.3. The van der Waals surface area contributed by atoms with Crippen LogP contribution >= 0.6 is 0 Å². The van der Waals surface area contributed by atoms with Gasteiger partial charge in [0.25, 0.3) is 0 Å². The predicted molar refractivity (Wildman–Crippen MR) is 88.9 cm³/mol. The van der Waals surface area contributed by atoms with Gasteiger partial charge in [0.15, 0.2) is 21.5 Å². The van der Waals surface area contributed by atoms with Crippen molar-refractivity contribution < 1.29 is 22.0 Å². The van der Waals surface area contributed by atoms with Crippen LogP contribution in [0.3, 0.4) is 0 Å². The van der Waals surface area contributed by atoms with E-state index in [0.29, 0.717) is 49.1 Å². The first kappa shape index (κ1) is 16.6. The molecular formula is C18H17F2NO3S. The number of Topliss-reactive ketones (excluding diaryl/α,β-unsaturated/α-hetero) is 1. The largest absolute Gasteiger partial charge is 0.299 e. The molecular weight excluding hydrogens is 348 g/mol. The van der Waals surface area contributed by atoms with Crippen LogP contribution in [0.1, 0.15) is 43.6 Å². The van der Waals surface area contributed by atoms with E-state index in [1.807, 2.05) is 0 Å². The summed E-state index contributed by atoms with van der Waals surface area (Å²) in [7, 11) is -3.57. The van der Waals surface area contributed by atoms with Gasteiger partial charge in [-0.05, 0) is 43.4 Å². The topological polar surface area (TPSA) is 63.6 Å². The number of hydrogen-bond donors (Lipinski definition) is 0. The third kappa shape index (κ3) is 2.65. The summed E-state index contributed by atoms with van der Waals surface area (Å²) >= 11 is 0. The van der Waals surface area contributed by atoms with Crippen LogP contribution in [0.2, 0.25) is 0 Å². The minimum Gasteiger partial charge on any atom is -0.299 e. The van der Waals surface area contributed by atoms with Gasteiger partial charge in [-0.1, -0.05) is 6.07 Å². The lowest BCUT2D eigenvalue weighted by molar-refractivity contribution is -0.121. The average Bonchev–Trinajstić information content (AvgIpc) is 2.55. The third-order valence-corrected chi connectivity index (χ3v) is 7.19. The van der Waals surface area contributed by atoms with Gasteiger partial charge >= 0.3 is 0 Å². The molecule has 1 aliphatic carbocycles. The highest BCUT2D eigenvalue weighted by Gasteiger charge is 2.46. The molecule has 0 aromatic heterocycles. The molecule has 2 aliphatic heterocycles. The van der Waals surface area contributed by atoms with Gasteiger partial charge in [-0.3, -0.25) is 9.79 Å². The second-order valence-corrected chi connectivity index (χ2v) is 8.86. The molecule has 1 fully saturated rings. The summed E-state index contributed by atoms with van der Waals surface area (Å²) < 4.78 is 52.6. The highest BCUT2D eigenvalue weighted by Crippen LogP contribution is 2.47. The van der Waals surface area contributed by atoms with Crippen LogP contribution in [-0.4, -0.2) is 25.7 Å². The molecule has 0 spiro atoms. The monoisotopic (exact) mass is 365 g/mol. The lowest BCUT2D eigenvalue weighted by Gasteiger charge is -2.38. The summed E-state index contributed by atoms with van der Waals surface area (Å²) in [4.78, 5) is 17.2. The lowest BCUT2D eigenvalue weighted by atomic mass is 9.72. The van der Waals surface area contributed by atoms with Gasteiger partial charge in [-0.15, -0.1) is 0 Å². The number of aliphatic imine (C=N–C) groups is 1. The molecule has 0 N–H and O–H groups in total. The second-order valence-electron chi connectivity index (χ2n) is 6.79. The Bertz CT molecular complexity index is 934. The normalized spacial score (nSPS) is 28.2. The number of carbonyl (C=O) groups is 1. The van der Waals surface area contributed by atoms with Crippen molar-refractivity contribution in [3.8, 4) is 0 Å². The summed E-state index contributed by atoms with van der Waals surface area (Å²) in [5.41, 5.74) is 1.49. The molecule has 4 nitrogen and oxygen atoms in total. The van der Waals surface area contributed by atoms with E-state index in [1.54, 1.807) is 0 Å². The molecule has 0 bridgehead atoms. The Morgan fingerprint density at radius 1 is 1.00 bits per heavy atom. The number of benzene rings is 1. The summed E-state index contributed by atoms with van der Waals surface area (Å²) in [5, 5.41) is 0. The fourth-order valence-electron chi connectivity index (χ4n) is 4.14. The molecule has 25 heavy (non-hydrogen) atoms. The Labute approximate surface area is 144 Å². The highest BCUT2D eigenvalue weighted by molar-refractivity contribution is 7.95. The Balaban J connectivity index is 1.96. The predicted octanol–water partition coefficient (Wildman–Crippen LogP) is 3.29. The average molecular weight is 365 g/mol. The number of rotatable bonds is 1. The molecule has 2 unspecified atom stereocenters. The number of allylic oxidation sites excluding steroid dienone is 2. The number of fused-ring (bicyclic) bond motifs is 1. The van der Waals surface area contributed by atoms with E-state index in [-0.39, 0.29) is 16.4 Å². The van der Waals surface area contributed by atoms with Gasteiger partial charge in [0.1, 0.15) is 5.78 Å². The van der Waals surface area contributed by atoms with Crippen LogP contribution in [0, 0.1) is 17.6 Å². The van der Waals surface area contributed by atoms with Crippen molar-refractivity contribution in [3.05, 3.63) is 46.0 Å². The molecule has 1 aromatic carbocycles. The molecule has 4 rings (SSSR count). The van der Waals surface area contributed by atoms with E-state index in [9.17, 15) is 22.0 Å². The number of hydrogen-bond acceptors (Lipinski definition) is 4. The number of carbonyl (C=O) groups excluding carboxylic acids is 1. The van der Waals surface area contributed by atoms with Crippen LogP contribution in [0.15, 0.2) is 33.8 Å². The maximum Gasteiger partial charge on any atom is 0.177 e. The minimum absolute atomic E-state index is 0.00221. The molecule has 1 saturated carbocycles. The van der Waals surface area contributed by atoms with E-state index in [1.165, 1.54) is 6.07 Å². The molecule has 3 aliphatic rings. The van der Waals surface area contributed by atoms with Gasteiger partial charge in [0, 0.05) is 18.1 Å². The Morgan fingerprint density at radius 3 is 2.56 bits per heavy atom. The first-order valence-corrected chi connectivity index (χ1v) is 10.0. The van der Waals surface area contributed by atoms with Crippen molar-refractivity contribution in [2.24, 2.45) is 10.9 Å². The van der Waals surface area contributed by atoms with E-state index >= 15 is 0 Å².